The van der Waals surface area contributed by atoms with Gasteiger partial charge in [-0.2, -0.15) is 0 Å². The summed E-state index contributed by atoms with van der Waals surface area (Å²) in [5.74, 6) is 1.56. The summed E-state index contributed by atoms with van der Waals surface area (Å²) in [6.45, 7) is 4.25. The number of ether oxygens (including phenoxy) is 9. The first-order chi connectivity index (χ1) is 36.7. The third-order valence-electron chi connectivity index (χ3n) is 9.86. The van der Waals surface area contributed by atoms with Gasteiger partial charge in [-0.05, 0) is 138 Å². The maximum atomic E-state index is 11.3. The Balaban J connectivity index is -0.000000319. The Morgan fingerprint density at radius 1 is 0.446 bits per heavy atom. The summed E-state index contributed by atoms with van der Waals surface area (Å²) < 4.78 is 45.6. The van der Waals surface area contributed by atoms with Crippen molar-refractivity contribution in [3.8, 4) is 46.0 Å². The Kier molecular flexibility index (Phi) is 45.5. The molecule has 0 unspecified atom stereocenters. The van der Waals surface area contributed by atoms with E-state index in [-0.39, 0.29) is 100 Å². The largest absolute Gasteiger partial charge is 0.508 e. The fraction of sp³-hybridized carbons (Fsp3) is 0.246. The first-order valence-corrected chi connectivity index (χ1v) is 22.5. The van der Waals surface area contributed by atoms with Crippen LogP contribution in [0.1, 0.15) is 120 Å². The molecule has 0 aliphatic heterocycles. The quantitative estimate of drug-likeness (QED) is 0.0240. The maximum Gasteiger partial charge on any atom is 0.337 e. The molecule has 18 nitrogen and oxygen atoms in total. The molecule has 83 heavy (non-hydrogen) atoms. The van der Waals surface area contributed by atoms with Crippen molar-refractivity contribution in [1.29, 1.82) is 0 Å². The van der Waals surface area contributed by atoms with Gasteiger partial charge in [-0.25, -0.2) is 14.4 Å². The van der Waals surface area contributed by atoms with Crippen molar-refractivity contribution in [2.24, 2.45) is 0 Å². The smallest absolute Gasteiger partial charge is 0.337 e. The molecule has 18 heteroatoms. The molecular weight excluding hydrogens is 1070 g/mol. The van der Waals surface area contributed by atoms with Gasteiger partial charge in [-0.15, -0.1) is 0 Å². The monoisotopic (exact) mass is 1150 g/mol. The van der Waals surface area contributed by atoms with Gasteiger partial charge in [0.2, 0.25) is 0 Å². The second kappa shape index (κ2) is 46.0. The Labute approximate surface area is 491 Å². The highest BCUT2D eigenvalue weighted by Gasteiger charge is 2.09. The average molecular weight is 1160 g/mol. The molecule has 0 aromatic heterocycles. The first-order valence-electron chi connectivity index (χ1n) is 22.5. The van der Waals surface area contributed by atoms with Crippen molar-refractivity contribution >= 4 is 30.5 Å². The summed E-state index contributed by atoms with van der Waals surface area (Å²) in [6, 6.07) is 43.0. The van der Waals surface area contributed by atoms with Gasteiger partial charge in [0.1, 0.15) is 65.8 Å². The highest BCUT2D eigenvalue weighted by molar-refractivity contribution is 5.89. The number of carbonyl (C=O) groups excluding carboxylic acids is 3. The van der Waals surface area contributed by atoms with Gasteiger partial charge in [0.25, 0.3) is 0 Å². The van der Waals surface area contributed by atoms with Crippen LogP contribution in [0.15, 0.2) is 171 Å². The van der Waals surface area contributed by atoms with Gasteiger partial charge in [-0.3, -0.25) is 9.59 Å². The number of carboxylic acid groups (broad SMARTS) is 2. The van der Waals surface area contributed by atoms with E-state index in [2.05, 4.69) is 16.1 Å². The number of phenols is 2. The zero-order valence-electron chi connectivity index (χ0n) is 42.3. The molecule has 0 fully saturated rings. The van der Waals surface area contributed by atoms with Gasteiger partial charge < -0.3 is 63.1 Å². The second-order valence-corrected chi connectivity index (χ2v) is 15.0. The average Bonchev–Trinajstić information content (AvgIpc) is 3.51. The lowest BCUT2D eigenvalue weighted by Crippen LogP contribution is -2.02. The Morgan fingerprint density at radius 2 is 0.795 bits per heavy atom. The second-order valence-electron chi connectivity index (χ2n) is 15.0. The Hall–Kier alpha value is -9.81. The summed E-state index contributed by atoms with van der Waals surface area (Å²) in [4.78, 5) is 54.6. The third kappa shape index (κ3) is 30.4. The number of carboxylic acids is 2. The molecule has 0 heterocycles. The van der Waals surface area contributed by atoms with E-state index in [9.17, 15) is 29.1 Å². The molecule has 0 bridgehead atoms. The number of aldehydes is 2. The molecule has 0 radical (unpaired) electrons. The number of aromatic hydroxyl groups is 2. The highest BCUT2D eigenvalue weighted by atomic mass is 16.7. The van der Waals surface area contributed by atoms with Crippen molar-refractivity contribution in [3.05, 3.63) is 215 Å². The predicted molar refractivity (Wildman–Crippen MR) is 327 cm³/mol. The molecule has 0 atom stereocenters. The van der Waals surface area contributed by atoms with Crippen molar-refractivity contribution in [2.45, 2.75) is 71.8 Å². The summed E-state index contributed by atoms with van der Waals surface area (Å²) in [5.41, 5.74) is 4.10. The van der Waals surface area contributed by atoms with E-state index in [1.165, 1.54) is 44.7 Å². The molecule has 0 amide bonds. The molecule has 0 aliphatic carbocycles. The minimum absolute atomic E-state index is 0. The number of esters is 1. The van der Waals surface area contributed by atoms with Crippen LogP contribution in [0.25, 0.3) is 0 Å². The number of benzene rings is 7. The van der Waals surface area contributed by atoms with Crippen LogP contribution in [0.5, 0.6) is 46.0 Å². The van der Waals surface area contributed by atoms with E-state index in [4.69, 9.17) is 48.5 Å². The van der Waals surface area contributed by atoms with Crippen LogP contribution in [0, 0.1) is 0 Å². The van der Waals surface area contributed by atoms with Gasteiger partial charge in [0.05, 0.1) is 62.5 Å². The van der Waals surface area contributed by atoms with Crippen LogP contribution in [-0.2, 0) is 34.0 Å². The topological polar surface area (TPSA) is 249 Å². The van der Waals surface area contributed by atoms with Crippen LogP contribution in [0.4, 0.5) is 0 Å². The summed E-state index contributed by atoms with van der Waals surface area (Å²) in [5, 5.41) is 35.8. The standard InChI is InChI=1S/C17H16O6.C16H14O5.C15H14O4.C7H8O2.C3H6O.7CH4/c1-21-11-23-16-7-6-15(8-14(16)9-18)22-10-12-2-4-13(5-3-12)17(19)20;1-20-16(19)12-4-2-11(3-5-12)10-21-14-6-7-15(18)13(8-14)9-17;1-18-13-6-8-14(9-7-13)19-10-11-2-4-12(5-3-11)15(16)17;1-9-7-4-2-6(8)3-5-7;1-3-4-2;;;;;;;/h2-9H,10-11H2,1H3,(H,19,20);2-9,18H,10H2,1H3;2-9H,10H2,1H3,(H,16,17);2-5,8H,1H3;3H,1H2,2H3;7*1H4. The molecular formula is C65H86O18. The molecule has 0 saturated carbocycles. The van der Waals surface area contributed by atoms with E-state index in [1.54, 1.807) is 131 Å². The van der Waals surface area contributed by atoms with Crippen molar-refractivity contribution in [2.75, 3.05) is 42.3 Å². The van der Waals surface area contributed by atoms with Crippen LogP contribution >= 0.6 is 0 Å². The number of methoxy groups -OCH3 is 5. The third-order valence-corrected chi connectivity index (χ3v) is 9.86. The van der Waals surface area contributed by atoms with Crippen molar-refractivity contribution in [3.63, 3.8) is 0 Å². The lowest BCUT2D eigenvalue weighted by atomic mass is 10.1. The van der Waals surface area contributed by atoms with E-state index in [0.29, 0.717) is 47.6 Å². The van der Waals surface area contributed by atoms with Crippen molar-refractivity contribution < 1.29 is 87.0 Å². The Morgan fingerprint density at radius 3 is 1.16 bits per heavy atom. The van der Waals surface area contributed by atoms with Crippen LogP contribution in [-0.4, -0.2) is 93.2 Å². The SMILES string of the molecule is C.C.C.C.C.C.C.C=COC.COC(=O)c1ccc(COc2ccc(O)c(C=O)c2)cc1.COCOc1ccc(OCc2ccc(C(=O)O)cc2)cc1C=O.COc1ccc(O)cc1.COc1ccc(OCc2ccc(C(=O)O)cc2)cc1. The number of phenolic OH excluding ortho intramolecular Hbond substituents is 2. The predicted octanol–water partition coefficient (Wildman–Crippen LogP) is 14.9. The van der Waals surface area contributed by atoms with Crippen molar-refractivity contribution in [1.82, 2.24) is 0 Å². The zero-order chi connectivity index (χ0) is 55.7. The molecule has 7 rings (SSSR count). The van der Waals surface area contributed by atoms with Gasteiger partial charge in [0, 0.05) is 7.11 Å². The highest BCUT2D eigenvalue weighted by Crippen LogP contribution is 2.25. The van der Waals surface area contributed by atoms with Gasteiger partial charge in [-0.1, -0.05) is 95.0 Å². The van der Waals surface area contributed by atoms with Crippen LogP contribution in [0.2, 0.25) is 0 Å². The van der Waals surface area contributed by atoms with E-state index in [0.717, 1.165) is 33.9 Å². The number of hydrogen-bond acceptors (Lipinski definition) is 16. The summed E-state index contributed by atoms with van der Waals surface area (Å²) >= 11 is 0. The van der Waals surface area contributed by atoms with E-state index in [1.807, 2.05) is 24.3 Å². The molecule has 7 aromatic rings. The summed E-state index contributed by atoms with van der Waals surface area (Å²) in [7, 11) is 7.59. The minimum atomic E-state index is -0.972. The maximum absolute atomic E-state index is 11.3. The number of carbonyl (C=O) groups is 5. The van der Waals surface area contributed by atoms with Gasteiger partial charge in [0.15, 0.2) is 19.4 Å². The lowest BCUT2D eigenvalue weighted by molar-refractivity contribution is 0.0504. The van der Waals surface area contributed by atoms with Gasteiger partial charge >= 0.3 is 17.9 Å². The molecule has 454 valence electrons. The van der Waals surface area contributed by atoms with E-state index >= 15 is 0 Å². The molecule has 0 spiro atoms. The minimum Gasteiger partial charge on any atom is -0.508 e. The molecule has 0 aliphatic rings. The number of aromatic carboxylic acids is 2. The van der Waals surface area contributed by atoms with Crippen LogP contribution < -0.4 is 28.4 Å². The Bertz CT molecular complexity index is 2870. The molecule has 7 aromatic carbocycles. The fourth-order valence-corrected chi connectivity index (χ4v) is 5.78. The first kappa shape index (κ1) is 82.0. The number of rotatable bonds is 20. The molecule has 0 saturated heterocycles. The lowest BCUT2D eigenvalue weighted by Gasteiger charge is -2.10. The fourth-order valence-electron chi connectivity index (χ4n) is 5.78. The molecule has 4 N–H and O–H groups in total. The van der Waals surface area contributed by atoms with E-state index < -0.39 is 17.9 Å². The zero-order valence-corrected chi connectivity index (χ0v) is 42.3. The number of hydrogen-bond donors (Lipinski definition) is 4. The normalized spacial score (nSPS) is 8.83. The van der Waals surface area contributed by atoms with Crippen LogP contribution in [0.3, 0.4) is 0 Å². The summed E-state index contributed by atoms with van der Waals surface area (Å²) in [6.07, 6.45) is 2.62.